The zero-order chi connectivity index (χ0) is 11.5. The van der Waals surface area contributed by atoms with Crippen molar-refractivity contribution >= 4 is 5.97 Å². The Morgan fingerprint density at radius 3 is 2.33 bits per heavy atom. The summed E-state index contributed by atoms with van der Waals surface area (Å²) < 4.78 is 0. The number of rotatable bonds is 9. The minimum Gasteiger partial charge on any atom is -0.479 e. The van der Waals surface area contributed by atoms with Crippen molar-refractivity contribution in [3.05, 3.63) is 12.2 Å². The Bertz CT molecular complexity index is 187. The van der Waals surface area contributed by atoms with Gasteiger partial charge in [-0.3, -0.25) is 0 Å². The highest BCUT2D eigenvalue weighted by Gasteiger charge is 2.10. The minimum atomic E-state index is -1.20. The number of carboxylic acid groups (broad SMARTS) is 1. The molecule has 0 aliphatic heterocycles. The Hall–Kier alpha value is -0.830. The number of aliphatic hydroxyl groups is 1. The monoisotopic (exact) mass is 214 g/mol. The number of hydrogen-bond acceptors (Lipinski definition) is 2. The molecular formula is C12H22O3. The van der Waals surface area contributed by atoms with Crippen LogP contribution >= 0.6 is 0 Å². The summed E-state index contributed by atoms with van der Waals surface area (Å²) in [6, 6.07) is 0. The summed E-state index contributed by atoms with van der Waals surface area (Å²) in [7, 11) is 0. The summed E-state index contributed by atoms with van der Waals surface area (Å²) in [5.41, 5.74) is 0. The quantitative estimate of drug-likeness (QED) is 0.458. The molecule has 0 heterocycles. The van der Waals surface area contributed by atoms with Gasteiger partial charge in [-0.25, -0.2) is 4.79 Å². The summed E-state index contributed by atoms with van der Waals surface area (Å²) >= 11 is 0. The zero-order valence-electron chi connectivity index (χ0n) is 9.48. The first-order chi connectivity index (χ1) is 7.18. The van der Waals surface area contributed by atoms with Gasteiger partial charge < -0.3 is 10.2 Å². The zero-order valence-corrected chi connectivity index (χ0v) is 9.48. The van der Waals surface area contributed by atoms with Gasteiger partial charge in [-0.15, -0.1) is 0 Å². The fourth-order valence-electron chi connectivity index (χ4n) is 1.30. The molecule has 0 saturated heterocycles. The highest BCUT2D eigenvalue weighted by molar-refractivity contribution is 5.71. The smallest absolute Gasteiger partial charge is 0.332 e. The summed E-state index contributed by atoms with van der Waals surface area (Å²) in [5.74, 6) is -1.12. The maximum Gasteiger partial charge on any atom is 0.332 e. The van der Waals surface area contributed by atoms with E-state index in [4.69, 9.17) is 10.2 Å². The van der Waals surface area contributed by atoms with Gasteiger partial charge in [0.25, 0.3) is 0 Å². The fourth-order valence-corrected chi connectivity index (χ4v) is 1.30. The molecule has 0 rings (SSSR count). The lowest BCUT2D eigenvalue weighted by Gasteiger charge is -2.02. The highest BCUT2D eigenvalue weighted by atomic mass is 16.4. The SMILES string of the molecule is CCCCCC=CCCCC(O)C(=O)O. The molecule has 0 amide bonds. The van der Waals surface area contributed by atoms with Crippen LogP contribution in [0.3, 0.4) is 0 Å². The number of carboxylic acids is 1. The molecular weight excluding hydrogens is 192 g/mol. The second-order valence-electron chi connectivity index (χ2n) is 3.75. The number of allylic oxidation sites excluding steroid dienone is 2. The molecule has 3 nitrogen and oxygen atoms in total. The maximum absolute atomic E-state index is 10.3. The van der Waals surface area contributed by atoms with Gasteiger partial charge in [-0.05, 0) is 32.1 Å². The molecule has 15 heavy (non-hydrogen) atoms. The average molecular weight is 214 g/mol. The standard InChI is InChI=1S/C12H22O3/c1-2-3-4-5-6-7-8-9-10-11(13)12(14)15/h6-7,11,13H,2-5,8-10H2,1H3,(H,14,15). The van der Waals surface area contributed by atoms with Crippen molar-refractivity contribution in [1.29, 1.82) is 0 Å². The van der Waals surface area contributed by atoms with Gasteiger partial charge in [-0.1, -0.05) is 31.9 Å². The largest absolute Gasteiger partial charge is 0.479 e. The molecule has 1 atom stereocenters. The first kappa shape index (κ1) is 14.2. The second-order valence-corrected chi connectivity index (χ2v) is 3.75. The summed E-state index contributed by atoms with van der Waals surface area (Å²) in [4.78, 5) is 10.3. The van der Waals surface area contributed by atoms with Crippen molar-refractivity contribution in [2.24, 2.45) is 0 Å². The second kappa shape index (κ2) is 9.71. The molecule has 0 aromatic carbocycles. The van der Waals surface area contributed by atoms with E-state index in [0.29, 0.717) is 6.42 Å². The lowest BCUT2D eigenvalue weighted by molar-refractivity contribution is -0.146. The van der Waals surface area contributed by atoms with Gasteiger partial charge in [0.15, 0.2) is 6.10 Å². The van der Waals surface area contributed by atoms with Gasteiger partial charge in [0.2, 0.25) is 0 Å². The third-order valence-corrected chi connectivity index (χ3v) is 2.27. The number of hydrogen-bond donors (Lipinski definition) is 2. The molecule has 0 aromatic heterocycles. The van der Waals surface area contributed by atoms with Crippen LogP contribution in [0.25, 0.3) is 0 Å². The Labute approximate surface area is 91.8 Å². The molecule has 0 aromatic rings. The lowest BCUT2D eigenvalue weighted by Crippen LogP contribution is -2.18. The van der Waals surface area contributed by atoms with Crippen LogP contribution in [0.4, 0.5) is 0 Å². The van der Waals surface area contributed by atoms with E-state index in [1.807, 2.05) is 0 Å². The van der Waals surface area contributed by atoms with Crippen LogP contribution in [-0.4, -0.2) is 22.3 Å². The van der Waals surface area contributed by atoms with Crippen LogP contribution in [0.5, 0.6) is 0 Å². The Balaban J connectivity index is 3.26. The molecule has 1 unspecified atom stereocenters. The first-order valence-corrected chi connectivity index (χ1v) is 5.74. The molecule has 2 N–H and O–H groups in total. The van der Waals surface area contributed by atoms with Crippen LogP contribution in [0, 0.1) is 0 Å². The van der Waals surface area contributed by atoms with E-state index in [1.54, 1.807) is 0 Å². The van der Waals surface area contributed by atoms with Crippen molar-refractivity contribution in [1.82, 2.24) is 0 Å². The Kier molecular flexibility index (Phi) is 9.18. The third-order valence-electron chi connectivity index (χ3n) is 2.27. The highest BCUT2D eigenvalue weighted by Crippen LogP contribution is 2.04. The van der Waals surface area contributed by atoms with Crippen LogP contribution in [0.1, 0.15) is 51.9 Å². The number of carbonyl (C=O) groups is 1. The van der Waals surface area contributed by atoms with E-state index < -0.39 is 12.1 Å². The molecule has 0 bridgehead atoms. The van der Waals surface area contributed by atoms with Crippen LogP contribution < -0.4 is 0 Å². The van der Waals surface area contributed by atoms with E-state index in [0.717, 1.165) is 19.3 Å². The fraction of sp³-hybridized carbons (Fsp3) is 0.750. The molecule has 0 fully saturated rings. The van der Waals surface area contributed by atoms with Crippen molar-refractivity contribution in [3.63, 3.8) is 0 Å². The molecule has 0 aliphatic rings. The van der Waals surface area contributed by atoms with Gasteiger partial charge in [0.05, 0.1) is 0 Å². The van der Waals surface area contributed by atoms with E-state index in [-0.39, 0.29) is 0 Å². The normalized spacial score (nSPS) is 13.2. The lowest BCUT2D eigenvalue weighted by atomic mass is 10.1. The predicted octanol–water partition coefficient (Wildman–Crippen LogP) is 2.74. The van der Waals surface area contributed by atoms with Crippen molar-refractivity contribution in [2.45, 2.75) is 58.0 Å². The molecule has 88 valence electrons. The number of unbranched alkanes of at least 4 members (excludes halogenated alkanes) is 4. The summed E-state index contributed by atoms with van der Waals surface area (Å²) in [6.45, 7) is 2.18. The molecule has 0 aliphatic carbocycles. The first-order valence-electron chi connectivity index (χ1n) is 5.74. The van der Waals surface area contributed by atoms with E-state index in [1.165, 1.54) is 19.3 Å². The molecule has 0 saturated carbocycles. The van der Waals surface area contributed by atoms with Crippen molar-refractivity contribution in [3.8, 4) is 0 Å². The molecule has 3 heteroatoms. The Morgan fingerprint density at radius 2 is 1.80 bits per heavy atom. The predicted molar refractivity (Wildman–Crippen MR) is 60.8 cm³/mol. The van der Waals surface area contributed by atoms with E-state index >= 15 is 0 Å². The number of aliphatic carboxylic acids is 1. The van der Waals surface area contributed by atoms with Gasteiger partial charge in [-0.2, -0.15) is 0 Å². The minimum absolute atomic E-state index is 0.342. The number of aliphatic hydroxyl groups excluding tert-OH is 1. The van der Waals surface area contributed by atoms with Gasteiger partial charge in [0.1, 0.15) is 0 Å². The van der Waals surface area contributed by atoms with Crippen molar-refractivity contribution in [2.75, 3.05) is 0 Å². The molecule has 0 radical (unpaired) electrons. The summed E-state index contributed by atoms with van der Waals surface area (Å²) in [5, 5.41) is 17.4. The summed E-state index contributed by atoms with van der Waals surface area (Å²) in [6.07, 6.45) is 9.79. The van der Waals surface area contributed by atoms with Crippen molar-refractivity contribution < 1.29 is 15.0 Å². The topological polar surface area (TPSA) is 57.5 Å². The average Bonchev–Trinajstić information content (AvgIpc) is 2.21. The van der Waals surface area contributed by atoms with Gasteiger partial charge >= 0.3 is 5.97 Å². The third kappa shape index (κ3) is 9.47. The maximum atomic E-state index is 10.3. The van der Waals surface area contributed by atoms with Crippen LogP contribution in [0.15, 0.2) is 12.2 Å². The van der Waals surface area contributed by atoms with E-state index in [2.05, 4.69) is 19.1 Å². The molecule has 0 spiro atoms. The van der Waals surface area contributed by atoms with E-state index in [9.17, 15) is 4.79 Å². The Morgan fingerprint density at radius 1 is 1.20 bits per heavy atom. The van der Waals surface area contributed by atoms with Crippen LogP contribution in [-0.2, 0) is 4.79 Å². The van der Waals surface area contributed by atoms with Gasteiger partial charge in [0, 0.05) is 0 Å². The van der Waals surface area contributed by atoms with Crippen LogP contribution in [0.2, 0.25) is 0 Å².